The van der Waals surface area contributed by atoms with E-state index in [4.69, 9.17) is 4.74 Å². The molecule has 0 aromatic heterocycles. The molecule has 1 N–H and O–H groups in total. The van der Waals surface area contributed by atoms with E-state index in [0.29, 0.717) is 5.92 Å². The summed E-state index contributed by atoms with van der Waals surface area (Å²) in [5.74, 6) is 0.450. The Morgan fingerprint density at radius 2 is 2.33 bits per heavy atom. The minimum Gasteiger partial charge on any atom is -0.379 e. The summed E-state index contributed by atoms with van der Waals surface area (Å²) in [6.07, 6.45) is 4.56. The average Bonchev–Trinajstić information content (AvgIpc) is 2.61. The Morgan fingerprint density at radius 1 is 1.60 bits per heavy atom. The molecule has 0 amide bonds. The highest BCUT2D eigenvalue weighted by Crippen LogP contribution is 2.37. The summed E-state index contributed by atoms with van der Waals surface area (Å²) in [5.41, 5.74) is -0.291. The molecule has 0 aromatic rings. The van der Waals surface area contributed by atoms with Crippen molar-refractivity contribution in [2.24, 2.45) is 5.92 Å². The van der Waals surface area contributed by atoms with Gasteiger partial charge >= 0.3 is 0 Å². The Morgan fingerprint density at radius 3 is 2.87 bits per heavy atom. The quantitative estimate of drug-likeness (QED) is 0.755. The Hall–Kier alpha value is -0.590. The molecule has 0 radical (unpaired) electrons. The molecule has 0 spiro atoms. The van der Waals surface area contributed by atoms with Crippen LogP contribution >= 0.6 is 0 Å². The summed E-state index contributed by atoms with van der Waals surface area (Å²) < 4.78 is 5.55. The van der Waals surface area contributed by atoms with Crippen molar-refractivity contribution in [2.75, 3.05) is 13.7 Å². The van der Waals surface area contributed by atoms with Gasteiger partial charge in [-0.1, -0.05) is 6.42 Å². The number of nitrogens with one attached hydrogen (secondary N) is 1. The predicted molar refractivity (Wildman–Crippen MR) is 60.4 cm³/mol. The minimum atomic E-state index is -0.291. The monoisotopic (exact) mass is 210 g/mol. The van der Waals surface area contributed by atoms with Crippen LogP contribution < -0.4 is 5.32 Å². The maximum atomic E-state index is 9.24. The van der Waals surface area contributed by atoms with Gasteiger partial charge in [0.1, 0.15) is 5.54 Å². The molecule has 3 heteroatoms. The zero-order valence-electron chi connectivity index (χ0n) is 10.0. The van der Waals surface area contributed by atoms with Crippen LogP contribution in [0, 0.1) is 17.2 Å². The van der Waals surface area contributed by atoms with E-state index in [2.05, 4.69) is 11.4 Å². The van der Waals surface area contributed by atoms with Crippen LogP contribution in [0.3, 0.4) is 0 Å². The molecule has 0 aliphatic heterocycles. The molecule has 0 saturated heterocycles. The average molecular weight is 210 g/mol. The summed E-state index contributed by atoms with van der Waals surface area (Å²) in [6, 6.07) is 2.45. The third-order valence-corrected chi connectivity index (χ3v) is 3.38. The van der Waals surface area contributed by atoms with Crippen molar-refractivity contribution in [3.8, 4) is 6.07 Å². The highest BCUT2D eigenvalue weighted by molar-refractivity contribution is 5.13. The fraction of sp³-hybridized carbons (Fsp3) is 0.917. The Bertz CT molecular complexity index is 234. The smallest absolute Gasteiger partial charge is 0.109 e. The van der Waals surface area contributed by atoms with Crippen molar-refractivity contribution >= 4 is 0 Å². The molecule has 86 valence electrons. The third-order valence-electron chi connectivity index (χ3n) is 3.38. The standard InChI is InChI=1S/C12H22N2O/c1-10(2)15-8-6-11-5-4-7-12(11,9-13)14-3/h10-11,14H,4-8H2,1-3H3. The van der Waals surface area contributed by atoms with Crippen LogP contribution in [0.4, 0.5) is 0 Å². The van der Waals surface area contributed by atoms with Gasteiger partial charge in [0.05, 0.1) is 12.2 Å². The van der Waals surface area contributed by atoms with Crippen molar-refractivity contribution in [3.63, 3.8) is 0 Å². The molecule has 1 aliphatic rings. The number of ether oxygens (including phenoxy) is 1. The van der Waals surface area contributed by atoms with Crippen LogP contribution in [0.2, 0.25) is 0 Å². The summed E-state index contributed by atoms with van der Waals surface area (Å²) in [5, 5.41) is 12.4. The second-order valence-corrected chi connectivity index (χ2v) is 4.63. The molecule has 1 rings (SSSR count). The van der Waals surface area contributed by atoms with Crippen LogP contribution in [0.5, 0.6) is 0 Å². The second-order valence-electron chi connectivity index (χ2n) is 4.63. The molecule has 0 bridgehead atoms. The van der Waals surface area contributed by atoms with Gasteiger partial charge in [0.2, 0.25) is 0 Å². The predicted octanol–water partition coefficient (Wildman–Crippen LogP) is 2.08. The van der Waals surface area contributed by atoms with Gasteiger partial charge in [-0.3, -0.25) is 0 Å². The first-order valence-corrected chi connectivity index (χ1v) is 5.86. The van der Waals surface area contributed by atoms with Gasteiger partial charge in [0.25, 0.3) is 0 Å². The Labute approximate surface area is 92.8 Å². The van der Waals surface area contributed by atoms with Gasteiger partial charge in [-0.15, -0.1) is 0 Å². The number of hydrogen-bond donors (Lipinski definition) is 1. The lowest BCUT2D eigenvalue weighted by Gasteiger charge is -2.28. The maximum Gasteiger partial charge on any atom is 0.109 e. The van der Waals surface area contributed by atoms with E-state index in [1.165, 1.54) is 0 Å². The van der Waals surface area contributed by atoms with Gasteiger partial charge in [0, 0.05) is 6.61 Å². The van der Waals surface area contributed by atoms with Crippen molar-refractivity contribution in [1.29, 1.82) is 5.26 Å². The summed E-state index contributed by atoms with van der Waals surface area (Å²) in [4.78, 5) is 0. The molecule has 1 fully saturated rings. The van der Waals surface area contributed by atoms with Crippen molar-refractivity contribution < 1.29 is 4.74 Å². The molecular formula is C12H22N2O. The lowest BCUT2D eigenvalue weighted by atomic mass is 9.86. The number of hydrogen-bond acceptors (Lipinski definition) is 3. The summed E-state index contributed by atoms with van der Waals surface area (Å²) in [7, 11) is 1.89. The fourth-order valence-corrected chi connectivity index (χ4v) is 2.45. The molecule has 0 heterocycles. The van der Waals surface area contributed by atoms with E-state index >= 15 is 0 Å². The highest BCUT2D eigenvalue weighted by Gasteiger charge is 2.41. The Kier molecular flexibility index (Phi) is 4.56. The van der Waals surface area contributed by atoms with Crippen molar-refractivity contribution in [2.45, 2.75) is 51.2 Å². The largest absolute Gasteiger partial charge is 0.379 e. The Balaban J connectivity index is 2.43. The van der Waals surface area contributed by atoms with Crippen LogP contribution in [0.1, 0.15) is 39.5 Å². The molecule has 3 nitrogen and oxygen atoms in total. The molecule has 1 saturated carbocycles. The number of nitrogens with zero attached hydrogens (tertiary/aromatic N) is 1. The molecule has 15 heavy (non-hydrogen) atoms. The maximum absolute atomic E-state index is 9.24. The van der Waals surface area contributed by atoms with E-state index in [1.54, 1.807) is 0 Å². The van der Waals surface area contributed by atoms with E-state index < -0.39 is 0 Å². The lowest BCUT2D eigenvalue weighted by Crippen LogP contribution is -2.45. The van der Waals surface area contributed by atoms with Crippen molar-refractivity contribution in [1.82, 2.24) is 5.32 Å². The van der Waals surface area contributed by atoms with E-state index in [0.717, 1.165) is 32.3 Å². The van der Waals surface area contributed by atoms with Gasteiger partial charge < -0.3 is 10.1 Å². The molecule has 1 aliphatic carbocycles. The highest BCUT2D eigenvalue weighted by atomic mass is 16.5. The first kappa shape index (κ1) is 12.5. The first-order valence-electron chi connectivity index (χ1n) is 5.86. The van der Waals surface area contributed by atoms with Gasteiger partial charge in [-0.2, -0.15) is 5.26 Å². The normalized spacial score (nSPS) is 30.7. The van der Waals surface area contributed by atoms with Crippen LogP contribution in [0.15, 0.2) is 0 Å². The minimum absolute atomic E-state index is 0.289. The van der Waals surface area contributed by atoms with Gasteiger partial charge in [-0.05, 0) is 46.1 Å². The molecule has 2 unspecified atom stereocenters. The lowest BCUT2D eigenvalue weighted by molar-refractivity contribution is 0.0638. The summed E-state index contributed by atoms with van der Waals surface area (Å²) in [6.45, 7) is 4.86. The zero-order valence-corrected chi connectivity index (χ0v) is 10.0. The number of nitriles is 1. The molecule has 2 atom stereocenters. The van der Waals surface area contributed by atoms with E-state index in [9.17, 15) is 5.26 Å². The first-order chi connectivity index (χ1) is 7.14. The number of rotatable bonds is 5. The molecule has 0 aromatic carbocycles. The van der Waals surface area contributed by atoms with Gasteiger partial charge in [-0.25, -0.2) is 0 Å². The van der Waals surface area contributed by atoms with E-state index in [-0.39, 0.29) is 11.6 Å². The van der Waals surface area contributed by atoms with Gasteiger partial charge in [0.15, 0.2) is 0 Å². The van der Waals surface area contributed by atoms with E-state index in [1.807, 2.05) is 20.9 Å². The SMILES string of the molecule is CNC1(C#N)CCCC1CCOC(C)C. The van der Waals surface area contributed by atoms with Crippen LogP contribution in [0.25, 0.3) is 0 Å². The van der Waals surface area contributed by atoms with Crippen LogP contribution in [-0.4, -0.2) is 25.3 Å². The third kappa shape index (κ3) is 2.93. The van der Waals surface area contributed by atoms with Crippen LogP contribution in [-0.2, 0) is 4.74 Å². The second kappa shape index (κ2) is 5.48. The molecular weight excluding hydrogens is 188 g/mol. The zero-order chi connectivity index (χ0) is 11.3. The van der Waals surface area contributed by atoms with Crippen molar-refractivity contribution in [3.05, 3.63) is 0 Å². The summed E-state index contributed by atoms with van der Waals surface area (Å²) >= 11 is 0. The topological polar surface area (TPSA) is 45.0 Å². The fourth-order valence-electron chi connectivity index (χ4n) is 2.45.